The van der Waals surface area contributed by atoms with Crippen molar-refractivity contribution in [3.63, 3.8) is 0 Å². The fraction of sp³-hybridized carbons (Fsp3) is 0.455. The van der Waals surface area contributed by atoms with E-state index in [1.54, 1.807) is 0 Å². The summed E-state index contributed by atoms with van der Waals surface area (Å²) in [5.41, 5.74) is 0.393. The van der Waals surface area contributed by atoms with Crippen LogP contribution in [0.1, 0.15) is 18.4 Å². The molecule has 1 aromatic rings. The van der Waals surface area contributed by atoms with Crippen molar-refractivity contribution in [3.8, 4) is 0 Å². The second-order valence-corrected chi connectivity index (χ2v) is 5.94. The number of nitrogens with zero attached hydrogens (tertiary/aromatic N) is 1. The molecule has 1 heterocycles. The Hall–Kier alpha value is -0.980. The molecule has 1 N–H and O–H groups in total. The number of sulfonamides is 1. The van der Waals surface area contributed by atoms with Crippen LogP contribution in [0.4, 0.5) is 4.39 Å². The van der Waals surface area contributed by atoms with Crippen LogP contribution in [0.2, 0.25) is 0 Å². The lowest BCUT2D eigenvalue weighted by molar-refractivity contribution is 0.281. The summed E-state index contributed by atoms with van der Waals surface area (Å²) in [7, 11) is -3.75. The van der Waals surface area contributed by atoms with E-state index in [0.29, 0.717) is 18.7 Å². The smallest absolute Gasteiger partial charge is 0.245 e. The molecule has 0 radical (unpaired) electrons. The van der Waals surface area contributed by atoms with E-state index in [4.69, 9.17) is 5.11 Å². The van der Waals surface area contributed by atoms with Crippen molar-refractivity contribution < 1.29 is 17.9 Å². The Morgan fingerprint density at radius 3 is 2.53 bits per heavy atom. The maximum Gasteiger partial charge on any atom is 0.245 e. The second kappa shape index (κ2) is 4.72. The number of hydrogen-bond donors (Lipinski definition) is 1. The van der Waals surface area contributed by atoms with Gasteiger partial charge in [-0.1, -0.05) is 6.07 Å². The predicted octanol–water partition coefficient (Wildman–Crippen LogP) is 1.10. The Labute approximate surface area is 99.7 Å². The number of benzene rings is 1. The lowest BCUT2D eigenvalue weighted by atomic mass is 10.2. The molecule has 0 saturated carbocycles. The van der Waals surface area contributed by atoms with E-state index < -0.39 is 15.8 Å². The van der Waals surface area contributed by atoms with Crippen LogP contribution in [-0.4, -0.2) is 30.9 Å². The van der Waals surface area contributed by atoms with E-state index in [1.165, 1.54) is 16.4 Å². The van der Waals surface area contributed by atoms with E-state index in [2.05, 4.69) is 0 Å². The Morgan fingerprint density at radius 1 is 1.29 bits per heavy atom. The van der Waals surface area contributed by atoms with Crippen molar-refractivity contribution in [1.29, 1.82) is 0 Å². The van der Waals surface area contributed by atoms with Crippen LogP contribution < -0.4 is 0 Å². The molecule has 0 atom stereocenters. The van der Waals surface area contributed by atoms with E-state index in [1.807, 2.05) is 0 Å². The van der Waals surface area contributed by atoms with Crippen molar-refractivity contribution in [2.75, 3.05) is 13.1 Å². The molecular weight excluding hydrogens is 245 g/mol. The monoisotopic (exact) mass is 259 g/mol. The molecule has 94 valence electrons. The third kappa shape index (κ3) is 2.34. The molecule has 0 unspecified atom stereocenters. The molecule has 17 heavy (non-hydrogen) atoms. The van der Waals surface area contributed by atoms with Gasteiger partial charge in [-0.2, -0.15) is 4.31 Å². The number of hydrogen-bond acceptors (Lipinski definition) is 3. The van der Waals surface area contributed by atoms with Crippen LogP contribution in [0.25, 0.3) is 0 Å². The lowest BCUT2D eigenvalue weighted by Crippen LogP contribution is -2.28. The maximum absolute atomic E-state index is 13.6. The van der Waals surface area contributed by atoms with Crippen LogP contribution in [0.3, 0.4) is 0 Å². The van der Waals surface area contributed by atoms with Gasteiger partial charge in [0.1, 0.15) is 10.7 Å². The van der Waals surface area contributed by atoms with Crippen LogP contribution in [0, 0.1) is 5.82 Å². The molecule has 0 aromatic heterocycles. The van der Waals surface area contributed by atoms with Crippen molar-refractivity contribution in [2.45, 2.75) is 24.3 Å². The Morgan fingerprint density at radius 2 is 1.94 bits per heavy atom. The van der Waals surface area contributed by atoms with Gasteiger partial charge in [0.25, 0.3) is 0 Å². The summed E-state index contributed by atoms with van der Waals surface area (Å²) in [5.74, 6) is -0.769. The number of rotatable bonds is 3. The zero-order valence-corrected chi connectivity index (χ0v) is 10.1. The zero-order chi connectivity index (χ0) is 12.5. The van der Waals surface area contributed by atoms with Gasteiger partial charge in [0.2, 0.25) is 10.0 Å². The summed E-state index contributed by atoms with van der Waals surface area (Å²) >= 11 is 0. The van der Waals surface area contributed by atoms with Gasteiger partial charge in [0.15, 0.2) is 0 Å². The highest BCUT2D eigenvalue weighted by molar-refractivity contribution is 7.89. The Kier molecular flexibility index (Phi) is 3.46. The lowest BCUT2D eigenvalue weighted by Gasteiger charge is -2.16. The molecule has 2 rings (SSSR count). The molecular formula is C11H14FNO3S. The first-order chi connectivity index (χ1) is 8.05. The minimum atomic E-state index is -3.75. The molecule has 0 bridgehead atoms. The van der Waals surface area contributed by atoms with E-state index in [0.717, 1.165) is 18.9 Å². The van der Waals surface area contributed by atoms with Crippen LogP contribution in [0.5, 0.6) is 0 Å². The Bertz CT molecular complexity index is 509. The third-order valence-electron chi connectivity index (χ3n) is 2.86. The van der Waals surface area contributed by atoms with Gasteiger partial charge in [-0.3, -0.25) is 0 Å². The Balaban J connectivity index is 2.44. The van der Waals surface area contributed by atoms with E-state index in [-0.39, 0.29) is 11.5 Å². The largest absolute Gasteiger partial charge is 0.392 e. The fourth-order valence-corrected chi connectivity index (χ4v) is 3.54. The van der Waals surface area contributed by atoms with Gasteiger partial charge in [0.05, 0.1) is 6.61 Å². The van der Waals surface area contributed by atoms with Gasteiger partial charge in [0, 0.05) is 13.1 Å². The summed E-state index contributed by atoms with van der Waals surface area (Å²) in [6.07, 6.45) is 1.61. The molecule has 1 saturated heterocycles. The van der Waals surface area contributed by atoms with Crippen LogP contribution >= 0.6 is 0 Å². The van der Waals surface area contributed by atoms with E-state index in [9.17, 15) is 12.8 Å². The van der Waals surface area contributed by atoms with Gasteiger partial charge in [-0.25, -0.2) is 12.8 Å². The highest BCUT2D eigenvalue weighted by atomic mass is 32.2. The first kappa shape index (κ1) is 12.5. The molecule has 1 aliphatic rings. The highest BCUT2D eigenvalue weighted by Crippen LogP contribution is 2.24. The minimum Gasteiger partial charge on any atom is -0.392 e. The summed E-state index contributed by atoms with van der Waals surface area (Å²) in [5, 5.41) is 8.95. The molecule has 1 aromatic carbocycles. The standard InChI is InChI=1S/C11H14FNO3S/c12-10-4-3-9(8-14)7-11(10)17(15,16)13-5-1-2-6-13/h3-4,7,14H,1-2,5-6,8H2. The normalized spacial score (nSPS) is 17.5. The quantitative estimate of drug-likeness (QED) is 0.884. The van der Waals surface area contributed by atoms with Crippen LogP contribution in [-0.2, 0) is 16.6 Å². The van der Waals surface area contributed by atoms with Crippen LogP contribution in [0.15, 0.2) is 23.1 Å². The zero-order valence-electron chi connectivity index (χ0n) is 9.26. The molecule has 0 amide bonds. The van der Waals surface area contributed by atoms with Crippen molar-refractivity contribution in [3.05, 3.63) is 29.6 Å². The first-order valence-corrected chi connectivity index (χ1v) is 6.89. The van der Waals surface area contributed by atoms with Gasteiger partial charge >= 0.3 is 0 Å². The molecule has 4 nitrogen and oxygen atoms in total. The number of halogens is 1. The number of aliphatic hydroxyl groups excluding tert-OH is 1. The molecule has 1 aliphatic heterocycles. The van der Waals surface area contributed by atoms with Gasteiger partial charge < -0.3 is 5.11 Å². The van der Waals surface area contributed by atoms with E-state index >= 15 is 0 Å². The topological polar surface area (TPSA) is 57.6 Å². The number of aliphatic hydroxyl groups is 1. The predicted molar refractivity (Wildman–Crippen MR) is 60.3 cm³/mol. The maximum atomic E-state index is 13.6. The highest BCUT2D eigenvalue weighted by Gasteiger charge is 2.29. The average molecular weight is 259 g/mol. The van der Waals surface area contributed by atoms with Crippen molar-refractivity contribution >= 4 is 10.0 Å². The fourth-order valence-electron chi connectivity index (χ4n) is 1.91. The van der Waals surface area contributed by atoms with Gasteiger partial charge in [-0.15, -0.1) is 0 Å². The molecule has 1 fully saturated rings. The van der Waals surface area contributed by atoms with Gasteiger partial charge in [-0.05, 0) is 30.5 Å². The minimum absolute atomic E-state index is 0.303. The average Bonchev–Trinajstić information content (AvgIpc) is 2.83. The summed E-state index contributed by atoms with van der Waals surface area (Å²) in [4.78, 5) is -0.342. The van der Waals surface area contributed by atoms with Crippen molar-refractivity contribution in [1.82, 2.24) is 4.31 Å². The third-order valence-corrected chi connectivity index (χ3v) is 4.77. The van der Waals surface area contributed by atoms with Crippen molar-refractivity contribution in [2.24, 2.45) is 0 Å². The summed E-state index contributed by atoms with van der Waals surface area (Å²) in [6.45, 7) is 0.569. The first-order valence-electron chi connectivity index (χ1n) is 5.45. The molecule has 0 aliphatic carbocycles. The SMILES string of the molecule is O=S(=O)(c1cc(CO)ccc1F)N1CCCC1. The molecule has 6 heteroatoms. The molecule has 0 spiro atoms. The summed E-state index contributed by atoms with van der Waals surface area (Å²) < 4.78 is 39.1. The second-order valence-electron chi connectivity index (χ2n) is 4.03. The summed E-state index contributed by atoms with van der Waals surface area (Å²) in [6, 6.07) is 3.65.